The zero-order valence-electron chi connectivity index (χ0n) is 17.8. The molecule has 0 atom stereocenters. The average Bonchev–Trinajstić information content (AvgIpc) is 3.22. The second kappa shape index (κ2) is 9.12. The highest BCUT2D eigenvalue weighted by molar-refractivity contribution is 5.80. The molecule has 2 aromatic carbocycles. The largest absolute Gasteiger partial charge is 0.493 e. The molecule has 0 spiro atoms. The average molecular weight is 436 g/mol. The molecule has 166 valence electrons. The maximum atomic E-state index is 13.4. The zero-order chi connectivity index (χ0) is 21.9. The van der Waals surface area contributed by atoms with Gasteiger partial charge < -0.3 is 18.6 Å². The number of piperidine rings is 1. The summed E-state index contributed by atoms with van der Waals surface area (Å²) in [4.78, 5) is 13.8. The van der Waals surface area contributed by atoms with E-state index in [-0.39, 0.29) is 11.4 Å². The van der Waals surface area contributed by atoms with Gasteiger partial charge in [-0.1, -0.05) is 5.16 Å². The van der Waals surface area contributed by atoms with Crippen LogP contribution >= 0.6 is 0 Å². The van der Waals surface area contributed by atoms with Gasteiger partial charge in [0.25, 0.3) is 0 Å². The van der Waals surface area contributed by atoms with Crippen LogP contribution in [0.5, 0.6) is 5.75 Å². The lowest BCUT2D eigenvalue weighted by molar-refractivity contribution is 0.199. The first-order valence-electron chi connectivity index (χ1n) is 11.1. The van der Waals surface area contributed by atoms with E-state index < -0.39 is 0 Å². The molecule has 0 radical (unpaired) electrons. The quantitative estimate of drug-likeness (QED) is 0.296. The molecule has 1 aliphatic rings. The number of hydrogen-bond donors (Lipinski definition) is 0. The van der Waals surface area contributed by atoms with Gasteiger partial charge in [-0.25, -0.2) is 9.18 Å². The van der Waals surface area contributed by atoms with Crippen molar-refractivity contribution < 1.29 is 18.1 Å². The molecule has 0 unspecified atom stereocenters. The smallest absolute Gasteiger partial charge is 0.336 e. The van der Waals surface area contributed by atoms with E-state index in [4.69, 9.17) is 13.7 Å². The standard InChI is InChI=1S/C25H25FN2O4/c26-19-5-7-21-23(15-19)32-27-25(21)18-9-12-28(13-10-18)11-1-2-14-30-20-6-3-17-4-8-24(29)31-22(17)16-20/h3-8,15-16,18H,1-2,9-14H2. The molecule has 7 heteroatoms. The van der Waals surface area contributed by atoms with Gasteiger partial charge in [-0.3, -0.25) is 0 Å². The number of nitrogens with zero attached hydrogens (tertiary/aromatic N) is 2. The van der Waals surface area contributed by atoms with Crippen molar-refractivity contribution in [3.05, 3.63) is 70.5 Å². The van der Waals surface area contributed by atoms with Gasteiger partial charge in [-0.2, -0.15) is 0 Å². The Morgan fingerprint density at radius 3 is 2.75 bits per heavy atom. The first-order chi connectivity index (χ1) is 15.7. The summed E-state index contributed by atoms with van der Waals surface area (Å²) in [5.74, 6) is 0.771. The number of ether oxygens (including phenoxy) is 1. The summed E-state index contributed by atoms with van der Waals surface area (Å²) in [5.41, 5.74) is 1.67. The van der Waals surface area contributed by atoms with Crippen molar-refractivity contribution in [3.63, 3.8) is 0 Å². The number of rotatable bonds is 7. The molecule has 4 aromatic rings. The van der Waals surface area contributed by atoms with Crippen molar-refractivity contribution in [2.24, 2.45) is 0 Å². The van der Waals surface area contributed by atoms with Crippen LogP contribution in [0.3, 0.4) is 0 Å². The first kappa shape index (κ1) is 20.7. The molecule has 2 aromatic heterocycles. The maximum Gasteiger partial charge on any atom is 0.336 e. The van der Waals surface area contributed by atoms with E-state index in [0.29, 0.717) is 29.4 Å². The van der Waals surface area contributed by atoms with Crippen LogP contribution in [-0.2, 0) is 0 Å². The number of fused-ring (bicyclic) bond motifs is 2. The van der Waals surface area contributed by atoms with Gasteiger partial charge in [0.1, 0.15) is 17.1 Å². The minimum atomic E-state index is -0.357. The third-order valence-electron chi connectivity index (χ3n) is 6.17. The van der Waals surface area contributed by atoms with Crippen LogP contribution in [0.2, 0.25) is 0 Å². The van der Waals surface area contributed by atoms with Gasteiger partial charge in [0, 0.05) is 34.9 Å². The van der Waals surface area contributed by atoms with Crippen molar-refractivity contribution >= 4 is 21.9 Å². The van der Waals surface area contributed by atoms with Gasteiger partial charge in [0.05, 0.1) is 12.3 Å². The molecule has 0 saturated carbocycles. The molecule has 1 aliphatic heterocycles. The van der Waals surface area contributed by atoms with Gasteiger partial charge >= 0.3 is 5.63 Å². The van der Waals surface area contributed by atoms with E-state index in [9.17, 15) is 9.18 Å². The maximum absolute atomic E-state index is 13.4. The molecular formula is C25H25FN2O4. The van der Waals surface area contributed by atoms with Gasteiger partial charge in [0.15, 0.2) is 5.58 Å². The van der Waals surface area contributed by atoms with Crippen LogP contribution in [0.1, 0.15) is 37.3 Å². The van der Waals surface area contributed by atoms with Gasteiger partial charge in [-0.15, -0.1) is 0 Å². The van der Waals surface area contributed by atoms with E-state index in [1.54, 1.807) is 18.2 Å². The topological polar surface area (TPSA) is 68.7 Å². The van der Waals surface area contributed by atoms with Crippen LogP contribution in [-0.4, -0.2) is 36.3 Å². The third kappa shape index (κ3) is 4.53. The normalized spacial score (nSPS) is 15.5. The molecule has 0 amide bonds. The Labute approximate surface area is 184 Å². The van der Waals surface area contributed by atoms with Gasteiger partial charge in [0.2, 0.25) is 0 Å². The van der Waals surface area contributed by atoms with Crippen molar-refractivity contribution in [2.75, 3.05) is 26.2 Å². The van der Waals surface area contributed by atoms with E-state index in [0.717, 1.165) is 61.8 Å². The Morgan fingerprint density at radius 1 is 1.03 bits per heavy atom. The zero-order valence-corrected chi connectivity index (χ0v) is 17.8. The number of benzene rings is 2. The fourth-order valence-electron chi connectivity index (χ4n) is 4.41. The van der Waals surface area contributed by atoms with Crippen molar-refractivity contribution in [2.45, 2.75) is 31.6 Å². The molecule has 0 N–H and O–H groups in total. The number of unbranched alkanes of at least 4 members (excludes halogenated alkanes) is 1. The highest BCUT2D eigenvalue weighted by Gasteiger charge is 2.24. The number of hydrogen-bond acceptors (Lipinski definition) is 6. The Bertz CT molecular complexity index is 1270. The number of likely N-dealkylation sites (tertiary alicyclic amines) is 1. The van der Waals surface area contributed by atoms with Crippen LogP contribution in [0.25, 0.3) is 21.9 Å². The van der Waals surface area contributed by atoms with Crippen molar-refractivity contribution in [1.29, 1.82) is 0 Å². The fraction of sp³-hybridized carbons (Fsp3) is 0.360. The van der Waals surface area contributed by atoms with Crippen LogP contribution < -0.4 is 10.4 Å². The highest BCUT2D eigenvalue weighted by atomic mass is 19.1. The van der Waals surface area contributed by atoms with E-state index in [2.05, 4.69) is 10.1 Å². The summed E-state index contributed by atoms with van der Waals surface area (Å²) < 4.78 is 29.7. The monoisotopic (exact) mass is 436 g/mol. The molecule has 6 nitrogen and oxygen atoms in total. The lowest BCUT2D eigenvalue weighted by atomic mass is 9.91. The summed E-state index contributed by atoms with van der Waals surface area (Å²) >= 11 is 0. The Kier molecular flexibility index (Phi) is 5.90. The highest BCUT2D eigenvalue weighted by Crippen LogP contribution is 2.32. The summed E-state index contributed by atoms with van der Waals surface area (Å²) in [5, 5.41) is 6.03. The SMILES string of the molecule is O=c1ccc2ccc(OCCCCN3CCC(c4noc5cc(F)ccc45)CC3)cc2o1. The lowest BCUT2D eigenvalue weighted by Gasteiger charge is -2.31. The van der Waals surface area contributed by atoms with Crippen LogP contribution in [0.15, 0.2) is 62.3 Å². The molecule has 0 aliphatic carbocycles. The Balaban J connectivity index is 1.05. The molecule has 0 bridgehead atoms. The number of halogens is 1. The lowest BCUT2D eigenvalue weighted by Crippen LogP contribution is -2.34. The number of aromatic nitrogens is 1. The van der Waals surface area contributed by atoms with E-state index in [1.165, 1.54) is 18.2 Å². The van der Waals surface area contributed by atoms with Crippen molar-refractivity contribution in [3.8, 4) is 5.75 Å². The predicted octanol–water partition coefficient (Wildman–Crippen LogP) is 5.11. The summed E-state index contributed by atoms with van der Waals surface area (Å²) in [6.07, 6.45) is 4.06. The molecule has 3 heterocycles. The Morgan fingerprint density at radius 2 is 1.88 bits per heavy atom. The fourth-order valence-corrected chi connectivity index (χ4v) is 4.41. The molecular weight excluding hydrogens is 411 g/mol. The second-order valence-electron chi connectivity index (χ2n) is 8.33. The van der Waals surface area contributed by atoms with Crippen molar-refractivity contribution in [1.82, 2.24) is 10.1 Å². The molecule has 5 rings (SSSR count). The Hall–Kier alpha value is -3.19. The van der Waals surface area contributed by atoms with E-state index in [1.807, 2.05) is 12.1 Å². The summed E-state index contributed by atoms with van der Waals surface area (Å²) in [7, 11) is 0. The predicted molar refractivity (Wildman–Crippen MR) is 120 cm³/mol. The molecule has 1 fully saturated rings. The summed E-state index contributed by atoms with van der Waals surface area (Å²) in [6, 6.07) is 13.4. The first-order valence-corrected chi connectivity index (χ1v) is 11.1. The van der Waals surface area contributed by atoms with Gasteiger partial charge in [-0.05, 0) is 75.6 Å². The molecule has 1 saturated heterocycles. The summed E-state index contributed by atoms with van der Waals surface area (Å²) in [6.45, 7) is 3.70. The second-order valence-corrected chi connectivity index (χ2v) is 8.33. The third-order valence-corrected chi connectivity index (χ3v) is 6.17. The van der Waals surface area contributed by atoms with Crippen LogP contribution in [0, 0.1) is 5.82 Å². The van der Waals surface area contributed by atoms with E-state index >= 15 is 0 Å². The van der Waals surface area contributed by atoms with Crippen LogP contribution in [0.4, 0.5) is 4.39 Å². The molecule has 32 heavy (non-hydrogen) atoms. The minimum Gasteiger partial charge on any atom is -0.493 e. The minimum absolute atomic E-state index is 0.300.